The molecule has 0 unspecified atom stereocenters. The van der Waals surface area contributed by atoms with Crippen LogP contribution in [0.25, 0.3) is 22.3 Å². The van der Waals surface area contributed by atoms with Gasteiger partial charge in [0, 0.05) is 38.3 Å². The van der Waals surface area contributed by atoms with Crippen molar-refractivity contribution in [3.05, 3.63) is 24.5 Å². The molecule has 0 saturated carbocycles. The van der Waals surface area contributed by atoms with E-state index < -0.39 is 11.7 Å². The fourth-order valence-corrected chi connectivity index (χ4v) is 4.05. The molecule has 0 aliphatic carbocycles. The van der Waals surface area contributed by atoms with Crippen LogP contribution in [0.15, 0.2) is 24.5 Å². The van der Waals surface area contributed by atoms with Gasteiger partial charge in [-0.2, -0.15) is 5.10 Å². The second kappa shape index (κ2) is 10.0. The zero-order chi connectivity index (χ0) is 25.2. The van der Waals surface area contributed by atoms with Crippen LogP contribution in [0.3, 0.4) is 0 Å². The molecule has 4 rings (SSSR count). The third-order valence-corrected chi connectivity index (χ3v) is 5.89. The summed E-state index contributed by atoms with van der Waals surface area (Å²) in [4.78, 5) is 25.7. The van der Waals surface area contributed by atoms with Gasteiger partial charge in [0.15, 0.2) is 5.65 Å². The number of ether oxygens (including phenoxy) is 2. The molecule has 1 aliphatic rings. The summed E-state index contributed by atoms with van der Waals surface area (Å²) in [5.74, 6) is 0.842. The number of piperazine rings is 1. The SMILES string of the molecule is COc1cc(-c2nn(CCN3CCN(C)CC3)c3ncnc(N)c23)ccc1NC(=O)OC(C)(C)C. The molecule has 3 aromatic rings. The quantitative estimate of drug-likeness (QED) is 0.546. The Labute approximate surface area is 205 Å². The minimum atomic E-state index is -0.606. The first-order valence-corrected chi connectivity index (χ1v) is 11.7. The van der Waals surface area contributed by atoms with Gasteiger partial charge in [-0.05, 0) is 40.0 Å². The van der Waals surface area contributed by atoms with E-state index >= 15 is 0 Å². The van der Waals surface area contributed by atoms with E-state index in [0.29, 0.717) is 40.5 Å². The smallest absolute Gasteiger partial charge is 0.412 e. The number of likely N-dealkylation sites (N-methyl/N-ethyl adjacent to an activating group) is 1. The Morgan fingerprint density at radius 3 is 2.57 bits per heavy atom. The van der Waals surface area contributed by atoms with Crippen LogP contribution in [0.4, 0.5) is 16.3 Å². The molecule has 1 saturated heterocycles. The molecule has 0 bridgehead atoms. The van der Waals surface area contributed by atoms with Gasteiger partial charge in [-0.25, -0.2) is 19.4 Å². The highest BCUT2D eigenvalue weighted by molar-refractivity contribution is 5.99. The normalized spacial score (nSPS) is 15.3. The van der Waals surface area contributed by atoms with Gasteiger partial charge in [0.05, 0.1) is 24.7 Å². The van der Waals surface area contributed by atoms with Crippen molar-refractivity contribution < 1.29 is 14.3 Å². The fraction of sp³-hybridized carbons (Fsp3) is 0.500. The molecule has 3 heterocycles. The van der Waals surface area contributed by atoms with E-state index in [1.165, 1.54) is 6.33 Å². The molecule has 1 aliphatic heterocycles. The number of methoxy groups -OCH3 is 1. The molecule has 2 aromatic heterocycles. The molecular formula is C24H34N8O3. The molecular weight excluding hydrogens is 448 g/mol. The summed E-state index contributed by atoms with van der Waals surface area (Å²) < 4.78 is 12.8. The Morgan fingerprint density at radius 1 is 1.14 bits per heavy atom. The van der Waals surface area contributed by atoms with Gasteiger partial charge >= 0.3 is 6.09 Å². The molecule has 0 radical (unpaired) electrons. The van der Waals surface area contributed by atoms with E-state index in [1.54, 1.807) is 13.2 Å². The largest absolute Gasteiger partial charge is 0.495 e. The van der Waals surface area contributed by atoms with Crippen molar-refractivity contribution in [3.63, 3.8) is 0 Å². The number of aromatic nitrogens is 4. The van der Waals surface area contributed by atoms with E-state index in [-0.39, 0.29) is 0 Å². The third kappa shape index (κ3) is 5.80. The number of nitrogen functional groups attached to an aromatic ring is 1. The van der Waals surface area contributed by atoms with Crippen molar-refractivity contribution in [3.8, 4) is 17.0 Å². The predicted molar refractivity (Wildman–Crippen MR) is 136 cm³/mol. The predicted octanol–water partition coefficient (Wildman–Crippen LogP) is 2.68. The number of nitrogens with zero attached hydrogens (tertiary/aromatic N) is 6. The van der Waals surface area contributed by atoms with Crippen LogP contribution in [0.5, 0.6) is 5.75 Å². The fourth-order valence-electron chi connectivity index (χ4n) is 4.05. The Kier molecular flexibility index (Phi) is 7.08. The monoisotopic (exact) mass is 482 g/mol. The Hall–Kier alpha value is -3.44. The summed E-state index contributed by atoms with van der Waals surface area (Å²) >= 11 is 0. The summed E-state index contributed by atoms with van der Waals surface area (Å²) in [5, 5.41) is 8.30. The maximum absolute atomic E-state index is 12.3. The minimum absolute atomic E-state index is 0.366. The van der Waals surface area contributed by atoms with Crippen LogP contribution in [0, 0.1) is 0 Å². The van der Waals surface area contributed by atoms with Crippen molar-refractivity contribution in [2.45, 2.75) is 32.9 Å². The lowest BCUT2D eigenvalue weighted by Crippen LogP contribution is -2.45. The molecule has 1 fully saturated rings. The third-order valence-electron chi connectivity index (χ3n) is 5.89. The zero-order valence-electron chi connectivity index (χ0n) is 21.0. The Bertz CT molecular complexity index is 1200. The number of hydrogen-bond acceptors (Lipinski definition) is 9. The molecule has 35 heavy (non-hydrogen) atoms. The Balaban J connectivity index is 1.62. The zero-order valence-corrected chi connectivity index (χ0v) is 21.0. The van der Waals surface area contributed by atoms with Crippen LogP contribution in [0.2, 0.25) is 0 Å². The number of hydrogen-bond donors (Lipinski definition) is 2. The number of nitrogens with one attached hydrogen (secondary N) is 1. The second-order valence-electron chi connectivity index (χ2n) is 9.72. The van der Waals surface area contributed by atoms with Crippen LogP contribution in [-0.4, -0.2) is 88.1 Å². The van der Waals surface area contributed by atoms with E-state index in [0.717, 1.165) is 38.3 Å². The highest BCUT2D eigenvalue weighted by Gasteiger charge is 2.21. The number of rotatable bonds is 6. The molecule has 11 nitrogen and oxygen atoms in total. The van der Waals surface area contributed by atoms with Gasteiger partial charge in [0.2, 0.25) is 0 Å². The first-order valence-electron chi connectivity index (χ1n) is 11.7. The lowest BCUT2D eigenvalue weighted by Gasteiger charge is -2.32. The molecule has 11 heteroatoms. The topological polar surface area (TPSA) is 124 Å². The van der Waals surface area contributed by atoms with Gasteiger partial charge in [0.25, 0.3) is 0 Å². The van der Waals surface area contributed by atoms with Crippen molar-refractivity contribution in [2.24, 2.45) is 0 Å². The summed E-state index contributed by atoms with van der Waals surface area (Å²) in [5.41, 5.74) is 8.29. The number of amides is 1. The summed E-state index contributed by atoms with van der Waals surface area (Å²) in [6, 6.07) is 5.42. The van der Waals surface area contributed by atoms with E-state index in [2.05, 4.69) is 32.1 Å². The molecule has 1 aromatic carbocycles. The van der Waals surface area contributed by atoms with Crippen LogP contribution in [0.1, 0.15) is 20.8 Å². The van der Waals surface area contributed by atoms with Crippen molar-refractivity contribution >= 4 is 28.6 Å². The lowest BCUT2D eigenvalue weighted by molar-refractivity contribution is 0.0635. The molecule has 3 N–H and O–H groups in total. The van der Waals surface area contributed by atoms with Crippen molar-refractivity contribution in [2.75, 3.05) is 57.9 Å². The number of benzene rings is 1. The second-order valence-corrected chi connectivity index (χ2v) is 9.72. The molecule has 0 spiro atoms. The summed E-state index contributed by atoms with van der Waals surface area (Å²) in [6.07, 6.45) is 0.907. The molecule has 1 amide bonds. The first-order chi connectivity index (χ1) is 16.6. The number of carbonyl (C=O) groups is 1. The van der Waals surface area contributed by atoms with Gasteiger partial charge in [-0.3, -0.25) is 10.2 Å². The molecule has 0 atom stereocenters. The summed E-state index contributed by atoms with van der Waals surface area (Å²) in [7, 11) is 3.69. The average Bonchev–Trinajstić information content (AvgIpc) is 3.18. The Morgan fingerprint density at radius 2 is 1.89 bits per heavy atom. The highest BCUT2D eigenvalue weighted by Crippen LogP contribution is 2.35. The van der Waals surface area contributed by atoms with Crippen LogP contribution in [-0.2, 0) is 11.3 Å². The standard InChI is InChI=1S/C24H34N8O3/c1-24(2,3)35-23(33)28-17-7-6-16(14-18(17)34-5)20-19-21(25)26-15-27-22(19)32(29-20)13-12-31-10-8-30(4)9-11-31/h6-7,14-15H,8-13H2,1-5H3,(H,28,33)(H2,25,26,27). The van der Waals surface area contributed by atoms with Gasteiger partial charge in [0.1, 0.15) is 29.2 Å². The van der Waals surface area contributed by atoms with Gasteiger partial charge in [-0.15, -0.1) is 0 Å². The minimum Gasteiger partial charge on any atom is -0.495 e. The number of anilines is 2. The van der Waals surface area contributed by atoms with Gasteiger partial charge < -0.3 is 20.1 Å². The van der Waals surface area contributed by atoms with Crippen LogP contribution >= 0.6 is 0 Å². The highest BCUT2D eigenvalue weighted by atomic mass is 16.6. The average molecular weight is 483 g/mol. The van der Waals surface area contributed by atoms with Crippen molar-refractivity contribution in [1.82, 2.24) is 29.5 Å². The van der Waals surface area contributed by atoms with E-state index in [4.69, 9.17) is 20.3 Å². The maximum atomic E-state index is 12.3. The first kappa shape index (κ1) is 24.7. The number of fused-ring (bicyclic) bond motifs is 1. The van der Waals surface area contributed by atoms with E-state index in [9.17, 15) is 4.79 Å². The number of carbonyl (C=O) groups excluding carboxylic acids is 1. The molecule has 188 valence electrons. The van der Waals surface area contributed by atoms with Gasteiger partial charge in [-0.1, -0.05) is 6.07 Å². The van der Waals surface area contributed by atoms with Crippen molar-refractivity contribution in [1.29, 1.82) is 0 Å². The number of nitrogens with two attached hydrogens (primary N) is 1. The van der Waals surface area contributed by atoms with E-state index in [1.807, 2.05) is 37.6 Å². The lowest BCUT2D eigenvalue weighted by atomic mass is 10.1. The van der Waals surface area contributed by atoms with Crippen LogP contribution < -0.4 is 15.8 Å². The maximum Gasteiger partial charge on any atom is 0.412 e. The summed E-state index contributed by atoms with van der Waals surface area (Å²) in [6.45, 7) is 11.2.